The van der Waals surface area contributed by atoms with Crippen molar-refractivity contribution < 1.29 is 27.7 Å². The molecular weight excluding hydrogens is 380 g/mol. The number of nitrogens with zero attached hydrogens (tertiary/aromatic N) is 3. The Morgan fingerprint density at radius 3 is 2.41 bits per heavy atom. The second-order valence-corrected chi connectivity index (χ2v) is 8.17. The molecule has 0 aromatic heterocycles. The second-order valence-electron chi connectivity index (χ2n) is 6.33. The highest BCUT2D eigenvalue weighted by Gasteiger charge is 2.45. The summed E-state index contributed by atoms with van der Waals surface area (Å²) in [7, 11) is -0.939. The van der Waals surface area contributed by atoms with Crippen molar-refractivity contribution in [3.05, 3.63) is 39.9 Å². The van der Waals surface area contributed by atoms with E-state index < -0.39 is 38.2 Å². The Balaban J connectivity index is 2.09. The normalized spacial score (nSPS) is 19.6. The maximum Gasteiger partial charge on any atom is 0.410 e. The maximum absolute atomic E-state index is 12.4. The van der Waals surface area contributed by atoms with Crippen LogP contribution < -0.4 is 5.14 Å². The molecule has 2 amide bonds. The number of hydrogen-bond donors (Lipinski definition) is 1. The topological polar surface area (TPSA) is 153 Å². The molecule has 2 atom stereocenters. The zero-order valence-corrected chi connectivity index (χ0v) is 15.6. The first kappa shape index (κ1) is 20.6. The van der Waals surface area contributed by atoms with E-state index in [0.29, 0.717) is 5.56 Å². The lowest BCUT2D eigenvalue weighted by molar-refractivity contribution is -0.384. The predicted octanol–water partition coefficient (Wildman–Crippen LogP) is 0.0510. The van der Waals surface area contributed by atoms with Crippen LogP contribution >= 0.6 is 0 Å². The van der Waals surface area contributed by atoms with E-state index in [1.165, 1.54) is 43.3 Å². The molecule has 0 spiro atoms. The first-order chi connectivity index (χ1) is 12.5. The zero-order valence-electron chi connectivity index (χ0n) is 14.8. The lowest BCUT2D eigenvalue weighted by atomic mass is 10.2. The maximum atomic E-state index is 12.4. The highest BCUT2D eigenvalue weighted by Crippen LogP contribution is 2.24. The Labute approximate surface area is 155 Å². The first-order valence-corrected chi connectivity index (χ1v) is 9.51. The summed E-state index contributed by atoms with van der Waals surface area (Å²) in [5, 5.41) is 14.7. The predicted molar refractivity (Wildman–Crippen MR) is 94.0 cm³/mol. The molecule has 148 valence electrons. The molecule has 1 aromatic carbocycles. The number of non-ortho nitro benzene ring substituents is 1. The van der Waals surface area contributed by atoms with Crippen LogP contribution in [0.3, 0.4) is 0 Å². The number of hydrogen-bond acceptors (Lipinski definition) is 7. The van der Waals surface area contributed by atoms with E-state index in [4.69, 9.17) is 9.88 Å². The van der Waals surface area contributed by atoms with Gasteiger partial charge in [-0.25, -0.2) is 18.4 Å². The van der Waals surface area contributed by atoms with Crippen LogP contribution in [0.4, 0.5) is 10.5 Å². The molecule has 2 unspecified atom stereocenters. The molecule has 27 heavy (non-hydrogen) atoms. The van der Waals surface area contributed by atoms with E-state index in [1.807, 2.05) is 0 Å². The Kier molecular flexibility index (Phi) is 6.01. The first-order valence-electron chi connectivity index (χ1n) is 7.90. The van der Waals surface area contributed by atoms with Crippen molar-refractivity contribution in [3.8, 4) is 0 Å². The molecule has 12 heteroatoms. The Hall–Kier alpha value is -2.73. The van der Waals surface area contributed by atoms with Gasteiger partial charge in [-0.15, -0.1) is 0 Å². The molecule has 0 radical (unpaired) electrons. The van der Waals surface area contributed by atoms with Crippen molar-refractivity contribution in [3.63, 3.8) is 0 Å². The molecule has 0 saturated carbocycles. The Morgan fingerprint density at radius 2 is 1.93 bits per heavy atom. The number of nitro groups is 1. The smallest absolute Gasteiger partial charge is 0.410 e. The van der Waals surface area contributed by atoms with Gasteiger partial charge >= 0.3 is 6.09 Å². The highest BCUT2D eigenvalue weighted by molar-refractivity contribution is 7.89. The zero-order chi connectivity index (χ0) is 20.4. The molecule has 1 aliphatic heterocycles. The average Bonchev–Trinajstić information content (AvgIpc) is 3.04. The van der Waals surface area contributed by atoms with Gasteiger partial charge in [-0.3, -0.25) is 19.8 Å². The standard InChI is InChI=1S/C15H20N4O7S/c1-17(2)14(20)13-7-12(27(16,24)25)8-18(13)15(21)26-9-10-3-5-11(6-4-10)19(22)23/h3-6,12-13H,7-9H2,1-2H3,(H2,16,24,25). The van der Waals surface area contributed by atoms with Gasteiger partial charge in [0, 0.05) is 32.8 Å². The largest absolute Gasteiger partial charge is 0.445 e. The van der Waals surface area contributed by atoms with Crippen molar-refractivity contribution in [1.29, 1.82) is 0 Å². The summed E-state index contributed by atoms with van der Waals surface area (Å²) in [4.78, 5) is 37.1. The fourth-order valence-electron chi connectivity index (χ4n) is 2.71. The third-order valence-electron chi connectivity index (χ3n) is 4.20. The number of sulfonamides is 1. The Morgan fingerprint density at radius 1 is 1.33 bits per heavy atom. The Bertz CT molecular complexity index is 838. The van der Waals surface area contributed by atoms with Gasteiger partial charge in [0.25, 0.3) is 5.69 Å². The molecule has 1 saturated heterocycles. The van der Waals surface area contributed by atoms with Gasteiger partial charge in [0.05, 0.1) is 10.2 Å². The van der Waals surface area contributed by atoms with E-state index >= 15 is 0 Å². The summed E-state index contributed by atoms with van der Waals surface area (Å²) >= 11 is 0. The number of likely N-dealkylation sites (tertiary alicyclic amines) is 1. The minimum Gasteiger partial charge on any atom is -0.445 e. The number of rotatable bonds is 5. The van der Waals surface area contributed by atoms with Gasteiger partial charge in [-0.2, -0.15) is 0 Å². The number of likely N-dealkylation sites (N-methyl/N-ethyl adjacent to an activating group) is 1. The summed E-state index contributed by atoms with van der Waals surface area (Å²) in [6.45, 7) is -0.432. The highest BCUT2D eigenvalue weighted by atomic mass is 32.2. The molecule has 1 heterocycles. The van der Waals surface area contributed by atoms with Crippen LogP contribution in [0.15, 0.2) is 24.3 Å². The van der Waals surface area contributed by atoms with E-state index in [-0.39, 0.29) is 25.3 Å². The molecule has 11 nitrogen and oxygen atoms in total. The lowest BCUT2D eigenvalue weighted by Crippen LogP contribution is -2.45. The van der Waals surface area contributed by atoms with Crippen molar-refractivity contribution in [2.75, 3.05) is 20.6 Å². The quantitative estimate of drug-likeness (QED) is 0.541. The van der Waals surface area contributed by atoms with Gasteiger partial charge in [0.2, 0.25) is 15.9 Å². The number of amides is 2. The average molecular weight is 400 g/mol. The number of nitrogens with two attached hydrogens (primary N) is 1. The van der Waals surface area contributed by atoms with Gasteiger partial charge in [-0.1, -0.05) is 0 Å². The number of carbonyl (C=O) groups is 2. The van der Waals surface area contributed by atoms with Crippen molar-refractivity contribution in [2.24, 2.45) is 5.14 Å². The number of carbonyl (C=O) groups excluding carboxylic acids is 2. The third-order valence-corrected chi connectivity index (χ3v) is 5.47. The summed E-state index contributed by atoms with van der Waals surface area (Å²) in [5.74, 6) is -0.437. The van der Waals surface area contributed by atoms with E-state index in [0.717, 1.165) is 4.90 Å². The monoisotopic (exact) mass is 400 g/mol. The summed E-state index contributed by atoms with van der Waals surface area (Å²) in [5.41, 5.74) is 0.406. The van der Waals surface area contributed by atoms with E-state index in [2.05, 4.69) is 0 Å². The van der Waals surface area contributed by atoms with Crippen LogP contribution in [0.5, 0.6) is 0 Å². The van der Waals surface area contributed by atoms with Crippen LogP contribution in [0.25, 0.3) is 0 Å². The molecule has 2 N–H and O–H groups in total. The van der Waals surface area contributed by atoms with Crippen LogP contribution in [0.2, 0.25) is 0 Å². The van der Waals surface area contributed by atoms with Crippen LogP contribution in [0, 0.1) is 10.1 Å². The van der Waals surface area contributed by atoms with Gasteiger partial charge < -0.3 is 9.64 Å². The molecule has 0 aliphatic carbocycles. The van der Waals surface area contributed by atoms with Gasteiger partial charge in [-0.05, 0) is 24.1 Å². The fourth-order valence-corrected chi connectivity index (χ4v) is 3.53. The van der Waals surface area contributed by atoms with E-state index in [9.17, 15) is 28.1 Å². The summed E-state index contributed by atoms with van der Waals surface area (Å²) in [6.07, 6.45) is -0.970. The molecular formula is C15H20N4O7S. The summed E-state index contributed by atoms with van der Waals surface area (Å²) < 4.78 is 28.4. The molecule has 1 aromatic rings. The van der Waals surface area contributed by atoms with E-state index in [1.54, 1.807) is 0 Å². The van der Waals surface area contributed by atoms with Crippen LogP contribution in [-0.2, 0) is 26.2 Å². The van der Waals surface area contributed by atoms with Crippen molar-refractivity contribution in [2.45, 2.75) is 24.3 Å². The number of primary sulfonamides is 1. The molecule has 0 bridgehead atoms. The fraction of sp³-hybridized carbons (Fsp3) is 0.467. The van der Waals surface area contributed by atoms with Crippen LogP contribution in [0.1, 0.15) is 12.0 Å². The minimum atomic E-state index is -3.93. The summed E-state index contributed by atoms with van der Waals surface area (Å²) in [6, 6.07) is 4.42. The van der Waals surface area contributed by atoms with Crippen LogP contribution in [-0.4, -0.2) is 67.1 Å². The van der Waals surface area contributed by atoms with Crippen molar-refractivity contribution >= 4 is 27.7 Å². The number of ether oxygens (including phenoxy) is 1. The lowest BCUT2D eigenvalue weighted by Gasteiger charge is -2.25. The second kappa shape index (κ2) is 7.88. The van der Waals surface area contributed by atoms with Gasteiger partial charge in [0.15, 0.2) is 0 Å². The van der Waals surface area contributed by atoms with Gasteiger partial charge in [0.1, 0.15) is 12.6 Å². The minimum absolute atomic E-state index is 0.0998. The number of benzene rings is 1. The molecule has 1 aliphatic rings. The molecule has 1 fully saturated rings. The third kappa shape index (κ3) is 4.92. The SMILES string of the molecule is CN(C)C(=O)C1CC(S(N)(=O)=O)CN1C(=O)OCc1ccc([N+](=O)[O-])cc1. The number of nitro benzene ring substituents is 1. The molecule has 2 rings (SSSR count). The van der Waals surface area contributed by atoms with Crippen molar-refractivity contribution in [1.82, 2.24) is 9.80 Å².